The fourth-order valence-corrected chi connectivity index (χ4v) is 5.03. The summed E-state index contributed by atoms with van der Waals surface area (Å²) in [5.74, 6) is -5.53. The van der Waals surface area contributed by atoms with Crippen molar-refractivity contribution in [1.29, 1.82) is 0 Å². The number of anilines is 2. The van der Waals surface area contributed by atoms with Crippen molar-refractivity contribution in [2.24, 2.45) is 0 Å². The summed E-state index contributed by atoms with van der Waals surface area (Å²) < 4.78 is 67.4. The molecule has 1 spiro atoms. The third-order valence-electron chi connectivity index (χ3n) is 4.76. The first kappa shape index (κ1) is 19.0. The molecular weight excluding hydrogens is 419 g/mol. The topological polar surface area (TPSA) is 87.3 Å². The second-order valence-electron chi connectivity index (χ2n) is 6.70. The highest BCUT2D eigenvalue weighted by Crippen LogP contribution is 2.41. The molecule has 1 saturated carbocycles. The second-order valence-corrected chi connectivity index (χ2v) is 8.76. The zero-order valence-electron chi connectivity index (χ0n) is 14.1. The number of carbonyl (C=O) groups is 1. The molecule has 1 aliphatic carbocycles. The van der Waals surface area contributed by atoms with E-state index >= 15 is 0 Å². The molecule has 3 N–H and O–H groups in total. The number of halogens is 4. The largest absolute Gasteiger partial charge is 0.365 e. The average molecular weight is 432 g/mol. The van der Waals surface area contributed by atoms with Gasteiger partial charge in [0.25, 0.3) is 5.91 Å². The van der Waals surface area contributed by atoms with E-state index in [9.17, 15) is 26.4 Å². The molecule has 1 aliphatic heterocycles. The molecule has 2 aromatic carbocycles. The maximum absolute atomic E-state index is 13.3. The van der Waals surface area contributed by atoms with Crippen molar-refractivity contribution in [2.75, 3.05) is 10.6 Å². The molecule has 28 heavy (non-hydrogen) atoms. The molecule has 11 heteroatoms. The minimum atomic E-state index is -3.90. The summed E-state index contributed by atoms with van der Waals surface area (Å²) in [6.45, 7) is 0. The van der Waals surface area contributed by atoms with Crippen molar-refractivity contribution < 1.29 is 26.4 Å². The maximum Gasteiger partial charge on any atom is 0.257 e. The van der Waals surface area contributed by atoms with Crippen LogP contribution in [-0.2, 0) is 10.0 Å². The Morgan fingerprint density at radius 3 is 2.32 bits per heavy atom. The fraction of sp³-hybridized carbons (Fsp3) is 0.235. The number of fused-ring (bicyclic) bond motifs is 1. The third-order valence-corrected chi connectivity index (χ3v) is 6.64. The van der Waals surface area contributed by atoms with Crippen molar-refractivity contribution in [3.05, 3.63) is 52.3 Å². The van der Waals surface area contributed by atoms with E-state index < -0.39 is 39.0 Å². The monoisotopic (exact) mass is 431 g/mol. The lowest BCUT2D eigenvalue weighted by molar-refractivity contribution is 0.102. The Kier molecular flexibility index (Phi) is 4.32. The van der Waals surface area contributed by atoms with Gasteiger partial charge in [-0.15, -0.1) is 0 Å². The Balaban J connectivity index is 1.69. The van der Waals surface area contributed by atoms with Crippen LogP contribution in [0.25, 0.3) is 0 Å². The molecule has 1 fully saturated rings. The number of carbonyl (C=O) groups excluding carboxylic acids is 1. The summed E-state index contributed by atoms with van der Waals surface area (Å²) in [6, 6.07) is 3.59. The van der Waals surface area contributed by atoms with Crippen molar-refractivity contribution >= 4 is 38.9 Å². The fourth-order valence-electron chi connectivity index (χ4n) is 3.23. The van der Waals surface area contributed by atoms with Gasteiger partial charge in [-0.25, -0.2) is 21.6 Å². The van der Waals surface area contributed by atoms with Crippen LogP contribution >= 0.6 is 11.6 Å². The Bertz CT molecular complexity index is 1100. The van der Waals surface area contributed by atoms with Crippen LogP contribution in [-0.4, -0.2) is 20.0 Å². The molecule has 1 amide bonds. The van der Waals surface area contributed by atoms with Crippen molar-refractivity contribution in [3.8, 4) is 0 Å². The summed E-state index contributed by atoms with van der Waals surface area (Å²) >= 11 is 6.13. The van der Waals surface area contributed by atoms with Gasteiger partial charge in [-0.1, -0.05) is 11.6 Å². The number of sulfonamides is 1. The van der Waals surface area contributed by atoms with Crippen LogP contribution in [0, 0.1) is 17.5 Å². The van der Waals surface area contributed by atoms with Gasteiger partial charge in [0.15, 0.2) is 17.5 Å². The van der Waals surface area contributed by atoms with Gasteiger partial charge in [-0.05, 0) is 31.4 Å². The van der Waals surface area contributed by atoms with Crippen LogP contribution in [0.1, 0.15) is 29.6 Å². The Morgan fingerprint density at radius 1 is 1.11 bits per heavy atom. The van der Waals surface area contributed by atoms with E-state index in [2.05, 4.69) is 15.4 Å². The van der Waals surface area contributed by atoms with Gasteiger partial charge >= 0.3 is 0 Å². The third kappa shape index (κ3) is 3.11. The first-order valence-electron chi connectivity index (χ1n) is 8.22. The quantitative estimate of drug-likeness (QED) is 0.634. The highest BCUT2D eigenvalue weighted by molar-refractivity contribution is 7.89. The molecule has 0 radical (unpaired) electrons. The van der Waals surface area contributed by atoms with E-state index in [0.717, 1.165) is 12.5 Å². The number of hydrogen-bond acceptors (Lipinski definition) is 4. The van der Waals surface area contributed by atoms with Crippen molar-refractivity contribution in [2.45, 2.75) is 29.8 Å². The molecule has 0 aromatic heterocycles. The Morgan fingerprint density at radius 2 is 1.75 bits per heavy atom. The standard InChI is InChI=1S/C17H13ClF3N3O3S/c18-10-7-13-14(28(26,27)24-17(23-13)2-1-3-17)6-9(10)16(25)22-8-4-11(19)15(21)12(20)5-8/h4-7,23-24H,1-3H2,(H,22,25). The average Bonchev–Trinajstić information content (AvgIpc) is 2.56. The van der Waals surface area contributed by atoms with Crippen molar-refractivity contribution in [3.63, 3.8) is 0 Å². The molecular formula is C17H13ClF3N3O3S. The lowest BCUT2D eigenvalue weighted by atomic mass is 9.85. The minimum Gasteiger partial charge on any atom is -0.365 e. The first-order chi connectivity index (χ1) is 13.1. The summed E-state index contributed by atoms with van der Waals surface area (Å²) in [4.78, 5) is 12.3. The van der Waals surface area contributed by atoms with Crippen LogP contribution in [0.3, 0.4) is 0 Å². The molecule has 0 unspecified atom stereocenters. The summed E-state index contributed by atoms with van der Waals surface area (Å²) in [6.07, 6.45) is 2.10. The lowest BCUT2D eigenvalue weighted by Gasteiger charge is -2.46. The van der Waals surface area contributed by atoms with E-state index in [1.165, 1.54) is 6.07 Å². The number of benzene rings is 2. The van der Waals surface area contributed by atoms with Crippen LogP contribution in [0.15, 0.2) is 29.2 Å². The van der Waals surface area contributed by atoms with E-state index in [0.29, 0.717) is 25.0 Å². The zero-order valence-corrected chi connectivity index (χ0v) is 15.6. The van der Waals surface area contributed by atoms with Gasteiger partial charge in [0, 0.05) is 17.8 Å². The predicted octanol–water partition coefficient (Wildman–Crippen LogP) is 3.59. The van der Waals surface area contributed by atoms with Crippen LogP contribution in [0.2, 0.25) is 5.02 Å². The number of rotatable bonds is 2. The van der Waals surface area contributed by atoms with Gasteiger partial charge < -0.3 is 10.6 Å². The number of amides is 1. The second kappa shape index (κ2) is 6.36. The maximum atomic E-state index is 13.3. The normalized spacial score (nSPS) is 18.7. The molecule has 4 rings (SSSR count). The van der Waals surface area contributed by atoms with Crippen LogP contribution in [0.5, 0.6) is 0 Å². The van der Waals surface area contributed by atoms with Crippen LogP contribution < -0.4 is 15.4 Å². The number of nitrogens with one attached hydrogen (secondary N) is 3. The van der Waals surface area contributed by atoms with E-state index in [1.54, 1.807) is 0 Å². The molecule has 1 heterocycles. The molecule has 0 saturated heterocycles. The van der Waals surface area contributed by atoms with Crippen molar-refractivity contribution in [1.82, 2.24) is 4.72 Å². The summed E-state index contributed by atoms with van der Waals surface area (Å²) in [5, 5.41) is 5.21. The molecule has 2 aliphatic rings. The zero-order chi connectivity index (χ0) is 20.3. The van der Waals surface area contributed by atoms with Gasteiger partial charge in [-0.2, -0.15) is 4.72 Å². The highest BCUT2D eigenvalue weighted by Gasteiger charge is 2.45. The molecule has 148 valence electrons. The highest BCUT2D eigenvalue weighted by atomic mass is 35.5. The van der Waals surface area contributed by atoms with Gasteiger partial charge in [0.1, 0.15) is 10.6 Å². The van der Waals surface area contributed by atoms with E-state index in [4.69, 9.17) is 11.6 Å². The molecule has 6 nitrogen and oxygen atoms in total. The molecule has 0 atom stereocenters. The SMILES string of the molecule is O=C(Nc1cc(F)c(F)c(F)c1)c1cc2c(cc1Cl)NC1(CCC1)NS2(=O)=O. The predicted molar refractivity (Wildman–Crippen MR) is 96.2 cm³/mol. The van der Waals surface area contributed by atoms with E-state index in [1.807, 2.05) is 0 Å². The van der Waals surface area contributed by atoms with Crippen LogP contribution in [0.4, 0.5) is 24.5 Å². The summed E-state index contributed by atoms with van der Waals surface area (Å²) in [7, 11) is -3.90. The van der Waals surface area contributed by atoms with Gasteiger partial charge in [0.05, 0.1) is 16.3 Å². The van der Waals surface area contributed by atoms with E-state index in [-0.39, 0.29) is 26.9 Å². The Hall–Kier alpha value is -2.30. The number of hydrogen-bond donors (Lipinski definition) is 3. The summed E-state index contributed by atoms with van der Waals surface area (Å²) in [5.41, 5.74) is -1.05. The lowest BCUT2D eigenvalue weighted by Crippen LogP contribution is -2.61. The van der Waals surface area contributed by atoms with Gasteiger partial charge in [0.2, 0.25) is 10.0 Å². The Labute approximate surface area is 163 Å². The molecule has 2 aromatic rings. The minimum absolute atomic E-state index is 0.0571. The van der Waals surface area contributed by atoms with Gasteiger partial charge in [-0.3, -0.25) is 4.79 Å². The first-order valence-corrected chi connectivity index (χ1v) is 10.1. The molecule has 0 bridgehead atoms. The smallest absolute Gasteiger partial charge is 0.257 e.